The van der Waals surface area contributed by atoms with E-state index in [2.05, 4.69) is 44.2 Å². The molecule has 3 atom stereocenters. The number of aromatic nitrogens is 1. The minimum Gasteiger partial charge on any atom is -0.384 e. The van der Waals surface area contributed by atoms with E-state index in [1.165, 1.54) is 24.8 Å². The highest BCUT2D eigenvalue weighted by atomic mass is 14.9. The maximum Gasteiger partial charge on any atom is 0.123 e. The predicted octanol–water partition coefficient (Wildman–Crippen LogP) is 3.26. The molecule has 1 aromatic rings. The molecule has 0 saturated heterocycles. The third kappa shape index (κ3) is 3.51. The van der Waals surface area contributed by atoms with Crippen molar-refractivity contribution in [3.05, 3.63) is 23.9 Å². The molecule has 1 aliphatic rings. The van der Waals surface area contributed by atoms with Crippen molar-refractivity contribution in [1.29, 1.82) is 0 Å². The monoisotopic (exact) mass is 275 g/mol. The van der Waals surface area contributed by atoms with Crippen molar-refractivity contribution in [2.24, 2.45) is 17.3 Å². The summed E-state index contributed by atoms with van der Waals surface area (Å²) in [5, 5.41) is 3.55. The number of rotatable bonds is 4. The Kier molecular flexibility index (Phi) is 4.69. The first-order valence-corrected chi connectivity index (χ1v) is 7.80. The van der Waals surface area contributed by atoms with Crippen molar-refractivity contribution in [3.63, 3.8) is 0 Å². The predicted molar refractivity (Wildman–Crippen MR) is 85.5 cm³/mol. The van der Waals surface area contributed by atoms with Gasteiger partial charge in [-0.25, -0.2) is 4.98 Å². The van der Waals surface area contributed by atoms with Gasteiger partial charge in [0.1, 0.15) is 5.82 Å². The molecule has 0 spiro atoms. The zero-order valence-electron chi connectivity index (χ0n) is 13.3. The van der Waals surface area contributed by atoms with Gasteiger partial charge in [0.05, 0.1) is 0 Å². The zero-order chi connectivity index (χ0) is 14.8. The summed E-state index contributed by atoms with van der Waals surface area (Å²) in [7, 11) is 2.11. The number of pyridine rings is 1. The lowest BCUT2D eigenvalue weighted by Crippen LogP contribution is -2.46. The Balaban J connectivity index is 2.12. The number of hydrogen-bond donors (Lipinski definition) is 2. The van der Waals surface area contributed by atoms with Gasteiger partial charge >= 0.3 is 0 Å². The highest BCUT2D eigenvalue weighted by Crippen LogP contribution is 2.42. The van der Waals surface area contributed by atoms with Crippen LogP contribution in [0.25, 0.3) is 0 Å². The van der Waals surface area contributed by atoms with Crippen molar-refractivity contribution in [1.82, 2.24) is 10.3 Å². The van der Waals surface area contributed by atoms with E-state index in [0.29, 0.717) is 11.9 Å². The smallest absolute Gasteiger partial charge is 0.123 e. The van der Waals surface area contributed by atoms with E-state index in [1.54, 1.807) is 0 Å². The second-order valence-electron chi connectivity index (χ2n) is 7.17. The van der Waals surface area contributed by atoms with E-state index in [-0.39, 0.29) is 5.41 Å². The highest BCUT2D eigenvalue weighted by molar-refractivity contribution is 5.32. The lowest BCUT2D eigenvalue weighted by atomic mass is 9.64. The average molecular weight is 275 g/mol. The normalized spacial score (nSPS) is 27.5. The molecule has 1 fully saturated rings. The van der Waals surface area contributed by atoms with Crippen LogP contribution in [0.15, 0.2) is 18.3 Å². The molecule has 1 saturated carbocycles. The highest BCUT2D eigenvalue weighted by Gasteiger charge is 2.38. The van der Waals surface area contributed by atoms with Gasteiger partial charge < -0.3 is 11.1 Å². The molecule has 112 valence electrons. The lowest BCUT2D eigenvalue weighted by Gasteiger charge is -2.44. The maximum atomic E-state index is 5.80. The van der Waals surface area contributed by atoms with Crippen LogP contribution in [0.2, 0.25) is 0 Å². The molecule has 1 aliphatic carbocycles. The van der Waals surface area contributed by atoms with E-state index in [4.69, 9.17) is 5.73 Å². The largest absolute Gasteiger partial charge is 0.384 e. The number of nitrogens with zero attached hydrogens (tertiary/aromatic N) is 1. The molecule has 2 rings (SSSR count). The molecule has 20 heavy (non-hydrogen) atoms. The van der Waals surface area contributed by atoms with Crippen LogP contribution < -0.4 is 11.1 Å². The fourth-order valence-corrected chi connectivity index (χ4v) is 3.90. The Morgan fingerprint density at radius 1 is 1.40 bits per heavy atom. The summed E-state index contributed by atoms with van der Waals surface area (Å²) in [6.07, 6.45) is 6.85. The molecule has 1 aromatic heterocycles. The SMILES string of the molecule is CNC1CC(C)CCC1C(C)(C)Cc1ccnc(N)c1. The van der Waals surface area contributed by atoms with Gasteiger partial charge in [-0.3, -0.25) is 0 Å². The van der Waals surface area contributed by atoms with E-state index in [0.717, 1.165) is 18.3 Å². The summed E-state index contributed by atoms with van der Waals surface area (Å²) in [6, 6.07) is 4.74. The lowest BCUT2D eigenvalue weighted by molar-refractivity contribution is 0.0980. The molecule has 0 bridgehead atoms. The number of anilines is 1. The van der Waals surface area contributed by atoms with Crippen LogP contribution in [-0.2, 0) is 6.42 Å². The Morgan fingerprint density at radius 2 is 2.15 bits per heavy atom. The maximum absolute atomic E-state index is 5.80. The van der Waals surface area contributed by atoms with Crippen molar-refractivity contribution in [2.45, 2.75) is 52.5 Å². The topological polar surface area (TPSA) is 50.9 Å². The Bertz CT molecular complexity index is 442. The first-order chi connectivity index (χ1) is 9.42. The molecule has 3 unspecified atom stereocenters. The number of hydrogen-bond acceptors (Lipinski definition) is 3. The zero-order valence-corrected chi connectivity index (χ0v) is 13.3. The summed E-state index contributed by atoms with van der Waals surface area (Å²) in [6.45, 7) is 7.17. The van der Waals surface area contributed by atoms with E-state index < -0.39 is 0 Å². The molecule has 3 N–H and O–H groups in total. The first kappa shape index (κ1) is 15.3. The van der Waals surface area contributed by atoms with Crippen LogP contribution in [0.3, 0.4) is 0 Å². The quantitative estimate of drug-likeness (QED) is 0.887. The van der Waals surface area contributed by atoms with Crippen molar-refractivity contribution in [2.75, 3.05) is 12.8 Å². The Hall–Kier alpha value is -1.09. The van der Waals surface area contributed by atoms with Gasteiger partial charge in [-0.2, -0.15) is 0 Å². The van der Waals surface area contributed by atoms with Crippen molar-refractivity contribution >= 4 is 5.82 Å². The second-order valence-corrected chi connectivity index (χ2v) is 7.17. The summed E-state index contributed by atoms with van der Waals surface area (Å²) in [5.41, 5.74) is 7.39. The average Bonchev–Trinajstić information content (AvgIpc) is 2.37. The van der Waals surface area contributed by atoms with E-state index in [9.17, 15) is 0 Å². The summed E-state index contributed by atoms with van der Waals surface area (Å²) in [4.78, 5) is 4.09. The molecular formula is C17H29N3. The van der Waals surface area contributed by atoms with E-state index >= 15 is 0 Å². The van der Waals surface area contributed by atoms with Gasteiger partial charge in [0.15, 0.2) is 0 Å². The molecule has 0 aliphatic heterocycles. The van der Waals surface area contributed by atoms with Crippen LogP contribution in [0, 0.1) is 17.3 Å². The van der Waals surface area contributed by atoms with Gasteiger partial charge in [-0.1, -0.05) is 27.2 Å². The third-order valence-corrected chi connectivity index (χ3v) is 4.99. The van der Waals surface area contributed by atoms with Crippen LogP contribution in [0.4, 0.5) is 5.82 Å². The molecule has 1 heterocycles. The minimum absolute atomic E-state index is 0.279. The Morgan fingerprint density at radius 3 is 2.80 bits per heavy atom. The molecule has 0 radical (unpaired) electrons. The van der Waals surface area contributed by atoms with Gasteiger partial charge in [-0.15, -0.1) is 0 Å². The van der Waals surface area contributed by atoms with Crippen LogP contribution >= 0.6 is 0 Å². The number of nitrogens with one attached hydrogen (secondary N) is 1. The summed E-state index contributed by atoms with van der Waals surface area (Å²) < 4.78 is 0. The standard InChI is InChI=1S/C17H29N3/c1-12-5-6-14(15(9-12)19-4)17(2,3)11-13-7-8-20-16(18)10-13/h7-8,10,12,14-15,19H,5-6,9,11H2,1-4H3,(H2,18,20). The van der Waals surface area contributed by atoms with Crippen LogP contribution in [0.1, 0.15) is 45.6 Å². The Labute approximate surface area is 123 Å². The van der Waals surface area contributed by atoms with E-state index in [1.807, 2.05) is 12.3 Å². The minimum atomic E-state index is 0.279. The molecule has 0 aromatic carbocycles. The van der Waals surface area contributed by atoms with Gasteiger partial charge in [-0.05, 0) is 61.3 Å². The van der Waals surface area contributed by atoms with Crippen molar-refractivity contribution in [3.8, 4) is 0 Å². The second kappa shape index (κ2) is 6.13. The van der Waals surface area contributed by atoms with Crippen LogP contribution in [-0.4, -0.2) is 18.1 Å². The number of nitrogens with two attached hydrogens (primary N) is 1. The number of nitrogen functional groups attached to an aromatic ring is 1. The van der Waals surface area contributed by atoms with Gasteiger partial charge in [0.25, 0.3) is 0 Å². The summed E-state index contributed by atoms with van der Waals surface area (Å²) >= 11 is 0. The molecular weight excluding hydrogens is 246 g/mol. The fourth-order valence-electron chi connectivity index (χ4n) is 3.90. The molecule has 3 nitrogen and oxygen atoms in total. The molecule has 0 amide bonds. The van der Waals surface area contributed by atoms with Crippen LogP contribution in [0.5, 0.6) is 0 Å². The van der Waals surface area contributed by atoms with Crippen molar-refractivity contribution < 1.29 is 0 Å². The van der Waals surface area contributed by atoms with Gasteiger partial charge in [0.2, 0.25) is 0 Å². The third-order valence-electron chi connectivity index (χ3n) is 4.99. The fraction of sp³-hybridized carbons (Fsp3) is 0.706. The summed E-state index contributed by atoms with van der Waals surface area (Å²) in [5.74, 6) is 2.19. The van der Waals surface area contributed by atoms with Gasteiger partial charge in [0, 0.05) is 12.2 Å². The first-order valence-electron chi connectivity index (χ1n) is 7.80. The molecule has 3 heteroatoms.